The molecule has 0 saturated heterocycles. The summed E-state index contributed by atoms with van der Waals surface area (Å²) in [5.74, 6) is 1.52. The first-order valence-electron chi connectivity index (χ1n) is 12.5. The lowest BCUT2D eigenvalue weighted by molar-refractivity contribution is -0.704. The zero-order chi connectivity index (χ0) is 20.6. The average Bonchev–Trinajstić information content (AvgIpc) is 3.12. The lowest BCUT2D eigenvalue weighted by Gasteiger charge is -2.06. The minimum absolute atomic E-state index is 1.13. The quantitative estimate of drug-likeness (QED) is 0.196. The summed E-state index contributed by atoms with van der Waals surface area (Å²) in [5, 5.41) is 0. The predicted molar refractivity (Wildman–Crippen MR) is 125 cm³/mol. The van der Waals surface area contributed by atoms with Crippen molar-refractivity contribution in [3.05, 3.63) is 54.1 Å². The molecule has 0 aliphatic rings. The number of aromatic nitrogens is 2. The summed E-state index contributed by atoms with van der Waals surface area (Å²) in [6.45, 7) is 6.92. The molecule has 0 saturated carbocycles. The minimum atomic E-state index is 1.13. The molecule has 2 nitrogen and oxygen atoms in total. The topological polar surface area (TPSA) is 8.81 Å². The highest BCUT2D eigenvalue weighted by Crippen LogP contribution is 2.12. The number of aryl methyl sites for hydroxylation is 3. The van der Waals surface area contributed by atoms with Crippen molar-refractivity contribution in [3.8, 4) is 0 Å². The zero-order valence-corrected chi connectivity index (χ0v) is 19.2. The minimum Gasteiger partial charge on any atom is -0.234 e. The fourth-order valence-corrected chi connectivity index (χ4v) is 4.28. The molecule has 0 atom stereocenters. The van der Waals surface area contributed by atoms with Crippen molar-refractivity contribution in [2.75, 3.05) is 0 Å². The Morgan fingerprint density at radius 3 is 2.00 bits per heavy atom. The monoisotopic (exact) mass is 397 g/mol. The van der Waals surface area contributed by atoms with Gasteiger partial charge in [0.05, 0.1) is 13.1 Å². The van der Waals surface area contributed by atoms with Crippen LogP contribution in [0.4, 0.5) is 0 Å². The van der Waals surface area contributed by atoms with Gasteiger partial charge >= 0.3 is 0 Å². The molecule has 0 unspecified atom stereocenters. The highest BCUT2D eigenvalue weighted by atomic mass is 15.1. The van der Waals surface area contributed by atoms with Gasteiger partial charge in [-0.05, 0) is 37.7 Å². The normalized spacial score (nSPS) is 11.2. The van der Waals surface area contributed by atoms with Crippen molar-refractivity contribution >= 4 is 0 Å². The Hall–Kier alpha value is -1.57. The summed E-state index contributed by atoms with van der Waals surface area (Å²) in [5.41, 5.74) is 1.45. The highest BCUT2D eigenvalue weighted by molar-refractivity contribution is 5.14. The molecule has 0 N–H and O–H groups in total. The Bertz CT molecular complexity index is 629. The molecule has 0 aliphatic carbocycles. The number of rotatable bonds is 17. The summed E-state index contributed by atoms with van der Waals surface area (Å²) in [7, 11) is 0. The molecular formula is C27H45N2+. The van der Waals surface area contributed by atoms with Crippen LogP contribution in [0.2, 0.25) is 0 Å². The van der Waals surface area contributed by atoms with E-state index in [4.69, 9.17) is 0 Å². The van der Waals surface area contributed by atoms with Crippen LogP contribution in [0, 0.1) is 0 Å². The van der Waals surface area contributed by atoms with E-state index < -0.39 is 0 Å². The maximum absolute atomic E-state index is 2.52. The van der Waals surface area contributed by atoms with Gasteiger partial charge in [-0.25, -0.2) is 9.13 Å². The van der Waals surface area contributed by atoms with Gasteiger partial charge in [0.1, 0.15) is 12.4 Å². The molecule has 2 rings (SSSR count). The van der Waals surface area contributed by atoms with Crippen LogP contribution in [0.25, 0.3) is 0 Å². The molecule has 162 valence electrons. The van der Waals surface area contributed by atoms with Crippen molar-refractivity contribution in [1.82, 2.24) is 4.57 Å². The average molecular weight is 398 g/mol. The molecule has 1 aromatic heterocycles. The number of nitrogens with zero attached hydrogens (tertiary/aromatic N) is 2. The Morgan fingerprint density at radius 2 is 1.34 bits per heavy atom. The van der Waals surface area contributed by atoms with Crippen molar-refractivity contribution in [2.24, 2.45) is 0 Å². The first-order chi connectivity index (χ1) is 14.3. The van der Waals surface area contributed by atoms with Gasteiger partial charge in [0, 0.05) is 6.42 Å². The summed E-state index contributed by atoms with van der Waals surface area (Å²) >= 11 is 0. The fraction of sp³-hybridized carbons (Fsp3) is 0.667. The van der Waals surface area contributed by atoms with Crippen LogP contribution in [-0.4, -0.2) is 4.57 Å². The van der Waals surface area contributed by atoms with E-state index in [1.54, 1.807) is 0 Å². The molecule has 0 spiro atoms. The second kappa shape index (κ2) is 15.3. The molecule has 0 fully saturated rings. The van der Waals surface area contributed by atoms with Crippen LogP contribution in [0.1, 0.15) is 102 Å². The number of hydrogen-bond acceptors (Lipinski definition) is 0. The van der Waals surface area contributed by atoms with Gasteiger partial charge in [-0.3, -0.25) is 0 Å². The largest absolute Gasteiger partial charge is 0.256 e. The van der Waals surface area contributed by atoms with Crippen LogP contribution in [0.15, 0.2) is 42.7 Å². The van der Waals surface area contributed by atoms with Crippen molar-refractivity contribution in [3.63, 3.8) is 0 Å². The van der Waals surface area contributed by atoms with E-state index in [2.05, 4.69) is 65.7 Å². The van der Waals surface area contributed by atoms with Crippen LogP contribution < -0.4 is 4.57 Å². The SMILES string of the molecule is CCCCCCCCCCCCn1cc[n+](CCCc2ccccc2)c1CCC. The van der Waals surface area contributed by atoms with Crippen LogP contribution in [-0.2, 0) is 25.9 Å². The van der Waals surface area contributed by atoms with E-state index in [0.29, 0.717) is 0 Å². The Balaban J connectivity index is 1.65. The maximum atomic E-state index is 2.52. The Morgan fingerprint density at radius 1 is 0.690 bits per heavy atom. The van der Waals surface area contributed by atoms with Crippen LogP contribution >= 0.6 is 0 Å². The fourth-order valence-electron chi connectivity index (χ4n) is 4.28. The molecule has 29 heavy (non-hydrogen) atoms. The van der Waals surface area contributed by atoms with Gasteiger partial charge in [0.2, 0.25) is 0 Å². The van der Waals surface area contributed by atoms with E-state index in [0.717, 1.165) is 6.54 Å². The third kappa shape index (κ3) is 9.65. The number of imidazole rings is 1. The van der Waals surface area contributed by atoms with Crippen LogP contribution in [0.3, 0.4) is 0 Å². The molecule has 0 aliphatic heterocycles. The Labute approximate surface area is 180 Å². The molecule has 1 aromatic carbocycles. The number of unbranched alkanes of at least 4 members (excludes halogenated alkanes) is 9. The molecule has 0 radical (unpaired) electrons. The van der Waals surface area contributed by atoms with Crippen LogP contribution in [0.5, 0.6) is 0 Å². The molecular weight excluding hydrogens is 352 g/mol. The highest BCUT2D eigenvalue weighted by Gasteiger charge is 2.15. The maximum Gasteiger partial charge on any atom is 0.256 e. The smallest absolute Gasteiger partial charge is 0.234 e. The third-order valence-electron chi connectivity index (χ3n) is 6.02. The first kappa shape index (κ1) is 23.7. The van der Waals surface area contributed by atoms with Gasteiger partial charge in [0.15, 0.2) is 0 Å². The van der Waals surface area contributed by atoms with E-state index in [1.165, 1.54) is 108 Å². The van der Waals surface area contributed by atoms with Gasteiger partial charge < -0.3 is 0 Å². The van der Waals surface area contributed by atoms with E-state index >= 15 is 0 Å². The molecule has 0 amide bonds. The standard InChI is InChI=1S/C27H45N2/c1-3-5-6-7-8-9-10-11-12-16-22-28-24-25-29(27(28)18-4-2)23-17-21-26-19-14-13-15-20-26/h13-15,19-20,24-25H,3-12,16-18,21-23H2,1-2H3/q+1. The summed E-state index contributed by atoms with van der Waals surface area (Å²) in [4.78, 5) is 0. The molecule has 2 heteroatoms. The summed E-state index contributed by atoms with van der Waals surface area (Å²) in [6, 6.07) is 10.9. The van der Waals surface area contributed by atoms with E-state index in [-0.39, 0.29) is 0 Å². The predicted octanol–water partition coefficient (Wildman–Crippen LogP) is 7.28. The van der Waals surface area contributed by atoms with E-state index in [1.807, 2.05) is 0 Å². The molecule has 1 heterocycles. The first-order valence-corrected chi connectivity index (χ1v) is 12.5. The van der Waals surface area contributed by atoms with Gasteiger partial charge in [0.25, 0.3) is 5.82 Å². The lowest BCUT2D eigenvalue weighted by Crippen LogP contribution is -2.37. The van der Waals surface area contributed by atoms with E-state index in [9.17, 15) is 0 Å². The van der Waals surface area contributed by atoms with Gasteiger partial charge in [-0.1, -0.05) is 95.5 Å². The zero-order valence-electron chi connectivity index (χ0n) is 19.2. The lowest BCUT2D eigenvalue weighted by atomic mass is 10.1. The molecule has 2 aromatic rings. The summed E-state index contributed by atoms with van der Waals surface area (Å²) < 4.78 is 5.03. The van der Waals surface area contributed by atoms with Gasteiger partial charge in [-0.2, -0.15) is 0 Å². The second-order valence-electron chi connectivity index (χ2n) is 8.62. The van der Waals surface area contributed by atoms with Gasteiger partial charge in [-0.15, -0.1) is 0 Å². The third-order valence-corrected chi connectivity index (χ3v) is 6.02. The number of hydrogen-bond donors (Lipinski definition) is 0. The summed E-state index contributed by atoms with van der Waals surface area (Å²) in [6.07, 6.45) is 23.5. The second-order valence-corrected chi connectivity index (χ2v) is 8.62. The van der Waals surface area contributed by atoms with Crippen molar-refractivity contribution < 1.29 is 4.57 Å². The van der Waals surface area contributed by atoms with Crippen molar-refractivity contribution in [1.29, 1.82) is 0 Å². The van der Waals surface area contributed by atoms with Crippen molar-refractivity contribution in [2.45, 2.75) is 117 Å². The number of benzene rings is 1. The molecule has 0 bridgehead atoms. The Kier molecular flexibility index (Phi) is 12.5.